The second kappa shape index (κ2) is 10.7. The van der Waals surface area contributed by atoms with Crippen molar-refractivity contribution in [2.45, 2.75) is 49.6 Å². The lowest BCUT2D eigenvalue weighted by molar-refractivity contribution is -0.126. The molecule has 2 N–H and O–H groups in total. The van der Waals surface area contributed by atoms with Gasteiger partial charge in [0.2, 0.25) is 15.9 Å². The number of aromatic nitrogens is 1. The first-order valence-electron chi connectivity index (χ1n) is 12.9. The van der Waals surface area contributed by atoms with Gasteiger partial charge >= 0.3 is 0 Å². The molecule has 1 atom stereocenters. The van der Waals surface area contributed by atoms with Crippen LogP contribution in [-0.4, -0.2) is 24.9 Å². The number of carbonyl (C=O) groups is 1. The minimum absolute atomic E-state index is 0.0495. The zero-order chi connectivity index (χ0) is 26.9. The van der Waals surface area contributed by atoms with E-state index in [9.17, 15) is 17.6 Å². The largest absolute Gasteiger partial charge is 0.349 e. The van der Waals surface area contributed by atoms with E-state index in [1.807, 2.05) is 54.9 Å². The van der Waals surface area contributed by atoms with Gasteiger partial charge in [-0.25, -0.2) is 17.5 Å². The Morgan fingerprint density at radius 2 is 1.63 bits per heavy atom. The first-order valence-corrected chi connectivity index (χ1v) is 14.4. The van der Waals surface area contributed by atoms with Crippen molar-refractivity contribution in [1.29, 1.82) is 0 Å². The van der Waals surface area contributed by atoms with E-state index in [0.29, 0.717) is 25.7 Å². The Morgan fingerprint density at radius 1 is 0.947 bits per heavy atom. The molecule has 0 bridgehead atoms. The first kappa shape index (κ1) is 26.1. The smallest absolute Gasteiger partial charge is 0.240 e. The van der Waals surface area contributed by atoms with Crippen molar-refractivity contribution in [1.82, 2.24) is 14.6 Å². The topological polar surface area (TPSA) is 80.2 Å². The number of benzene rings is 3. The van der Waals surface area contributed by atoms with Crippen LogP contribution in [0.25, 0.3) is 22.2 Å². The van der Waals surface area contributed by atoms with Crippen LogP contribution in [0, 0.1) is 11.7 Å². The van der Waals surface area contributed by atoms with Gasteiger partial charge in [-0.1, -0.05) is 48.5 Å². The van der Waals surface area contributed by atoms with Crippen LogP contribution in [0.1, 0.15) is 44.2 Å². The molecular weight excluding hydrogens is 501 g/mol. The Kier molecular flexibility index (Phi) is 7.36. The second-order valence-corrected chi connectivity index (χ2v) is 11.8. The van der Waals surface area contributed by atoms with Gasteiger partial charge in [-0.05, 0) is 74.1 Å². The summed E-state index contributed by atoms with van der Waals surface area (Å²) >= 11 is 0. The summed E-state index contributed by atoms with van der Waals surface area (Å²) in [5.74, 6) is -0.533. The van der Waals surface area contributed by atoms with E-state index in [1.165, 1.54) is 12.1 Å². The molecule has 8 heteroatoms. The zero-order valence-corrected chi connectivity index (χ0v) is 22.3. The molecule has 6 nitrogen and oxygen atoms in total. The fourth-order valence-corrected chi connectivity index (χ4v) is 6.61. The lowest BCUT2D eigenvalue weighted by Crippen LogP contribution is -2.41. The molecule has 1 amide bonds. The lowest BCUT2D eigenvalue weighted by Gasteiger charge is -2.29. The van der Waals surface area contributed by atoms with Gasteiger partial charge in [-0.2, -0.15) is 0 Å². The molecule has 1 fully saturated rings. The van der Waals surface area contributed by atoms with Crippen LogP contribution < -0.4 is 10.0 Å². The Bertz CT molecular complexity index is 1540. The number of hydrogen-bond donors (Lipinski definition) is 2. The van der Waals surface area contributed by atoms with E-state index >= 15 is 0 Å². The van der Waals surface area contributed by atoms with Crippen LogP contribution in [0.4, 0.5) is 4.39 Å². The molecule has 1 saturated carbocycles. The average molecular weight is 534 g/mol. The number of nitrogens with zero attached hydrogens (tertiary/aromatic N) is 1. The highest BCUT2D eigenvalue weighted by atomic mass is 32.2. The minimum atomic E-state index is -3.71. The molecule has 1 aliphatic carbocycles. The SMILES string of the molecule is C[C@@H](NC(=O)C1CCC(NS(=O)(=O)c2ccc3cc(-c4ccccc4)n(C)c3c2)CC1)c1ccc(F)cc1. The van der Waals surface area contributed by atoms with Crippen LogP contribution in [0.5, 0.6) is 0 Å². The first-order chi connectivity index (χ1) is 18.2. The van der Waals surface area contributed by atoms with Crippen molar-refractivity contribution in [3.63, 3.8) is 0 Å². The van der Waals surface area contributed by atoms with Gasteiger partial charge in [-0.15, -0.1) is 0 Å². The molecular formula is C30H32FN3O3S. The van der Waals surface area contributed by atoms with Crippen LogP contribution in [0.3, 0.4) is 0 Å². The summed E-state index contributed by atoms with van der Waals surface area (Å²) in [5, 5.41) is 3.99. The highest BCUT2D eigenvalue weighted by Gasteiger charge is 2.30. The zero-order valence-electron chi connectivity index (χ0n) is 21.5. The number of hydrogen-bond acceptors (Lipinski definition) is 3. The third kappa shape index (κ3) is 5.51. The number of sulfonamides is 1. The van der Waals surface area contributed by atoms with Gasteiger partial charge in [0.1, 0.15) is 5.82 Å². The van der Waals surface area contributed by atoms with Gasteiger partial charge < -0.3 is 9.88 Å². The Balaban J connectivity index is 1.21. The van der Waals surface area contributed by atoms with Crippen LogP contribution in [0.15, 0.2) is 83.8 Å². The molecule has 1 aromatic heterocycles. The number of rotatable bonds is 7. The quantitative estimate of drug-likeness (QED) is 0.320. The fourth-order valence-electron chi connectivity index (χ4n) is 5.29. The van der Waals surface area contributed by atoms with Gasteiger partial charge in [0.25, 0.3) is 0 Å². The highest BCUT2D eigenvalue weighted by molar-refractivity contribution is 7.89. The average Bonchev–Trinajstić information content (AvgIpc) is 3.25. The van der Waals surface area contributed by atoms with E-state index in [1.54, 1.807) is 24.3 Å². The summed E-state index contributed by atoms with van der Waals surface area (Å²) in [6.07, 6.45) is 2.39. The van der Waals surface area contributed by atoms with E-state index in [2.05, 4.69) is 16.1 Å². The molecule has 0 spiro atoms. The van der Waals surface area contributed by atoms with Crippen molar-refractivity contribution in [2.24, 2.45) is 13.0 Å². The minimum Gasteiger partial charge on any atom is -0.349 e. The summed E-state index contributed by atoms with van der Waals surface area (Å²) in [7, 11) is -1.77. The maximum Gasteiger partial charge on any atom is 0.240 e. The maximum absolute atomic E-state index is 13.2. The standard InChI is InChI=1S/C30H32FN3O3S/c1-20(21-8-13-25(31)14-9-21)32-30(35)23-10-15-26(16-11-23)33-38(36,37)27-17-12-24-18-28(34(2)29(24)19-27)22-6-4-3-5-7-22/h3-9,12-14,17-20,23,26,33H,10-11,15-16H2,1-2H3,(H,32,35)/t20-,23?,26?/m1/s1. The Labute approximate surface area is 222 Å². The van der Waals surface area contributed by atoms with Crippen LogP contribution in [0.2, 0.25) is 0 Å². The van der Waals surface area contributed by atoms with Crippen molar-refractivity contribution >= 4 is 26.8 Å². The summed E-state index contributed by atoms with van der Waals surface area (Å²) in [4.78, 5) is 13.0. The summed E-state index contributed by atoms with van der Waals surface area (Å²) in [5.41, 5.74) is 3.78. The van der Waals surface area contributed by atoms with E-state index < -0.39 is 10.0 Å². The number of aryl methyl sites for hydroxylation is 1. The van der Waals surface area contributed by atoms with Crippen LogP contribution >= 0.6 is 0 Å². The monoisotopic (exact) mass is 533 g/mol. The number of amides is 1. The number of fused-ring (bicyclic) bond motifs is 1. The van der Waals surface area contributed by atoms with E-state index in [-0.39, 0.29) is 34.6 Å². The molecule has 5 rings (SSSR count). The predicted molar refractivity (Wildman–Crippen MR) is 147 cm³/mol. The van der Waals surface area contributed by atoms with Crippen molar-refractivity contribution in [2.75, 3.05) is 0 Å². The molecule has 1 heterocycles. The van der Waals surface area contributed by atoms with Gasteiger partial charge in [-0.3, -0.25) is 4.79 Å². The Morgan fingerprint density at radius 3 is 2.32 bits per heavy atom. The van der Waals surface area contributed by atoms with Crippen LogP contribution in [-0.2, 0) is 21.9 Å². The number of halogens is 1. The second-order valence-electron chi connectivity index (χ2n) is 10.1. The number of nitrogens with one attached hydrogen (secondary N) is 2. The van der Waals surface area contributed by atoms with Crippen molar-refractivity contribution < 1.29 is 17.6 Å². The number of carbonyl (C=O) groups excluding carboxylic acids is 1. The normalized spacial score (nSPS) is 18.8. The molecule has 38 heavy (non-hydrogen) atoms. The van der Waals surface area contributed by atoms with Crippen molar-refractivity contribution in [3.05, 3.63) is 90.2 Å². The highest BCUT2D eigenvalue weighted by Crippen LogP contribution is 2.30. The molecule has 4 aromatic rings. The Hall–Kier alpha value is -3.49. The van der Waals surface area contributed by atoms with E-state index in [4.69, 9.17) is 0 Å². The summed E-state index contributed by atoms with van der Waals surface area (Å²) in [6.45, 7) is 1.87. The predicted octanol–water partition coefficient (Wildman–Crippen LogP) is 5.70. The third-order valence-corrected chi connectivity index (χ3v) is 9.06. The lowest BCUT2D eigenvalue weighted by atomic mass is 9.85. The molecule has 1 aliphatic rings. The van der Waals surface area contributed by atoms with Gasteiger partial charge in [0.15, 0.2) is 0 Å². The molecule has 0 saturated heterocycles. The fraction of sp³-hybridized carbons (Fsp3) is 0.300. The molecule has 3 aromatic carbocycles. The van der Waals surface area contributed by atoms with Gasteiger partial charge in [0, 0.05) is 35.6 Å². The summed E-state index contributed by atoms with van der Waals surface area (Å²) < 4.78 is 44.6. The summed E-state index contributed by atoms with van der Waals surface area (Å²) in [6, 6.07) is 22.9. The maximum atomic E-state index is 13.2. The van der Waals surface area contributed by atoms with Gasteiger partial charge in [0.05, 0.1) is 10.9 Å². The van der Waals surface area contributed by atoms with Crippen molar-refractivity contribution in [3.8, 4) is 11.3 Å². The molecule has 0 aliphatic heterocycles. The molecule has 0 unspecified atom stereocenters. The third-order valence-electron chi connectivity index (χ3n) is 7.55. The molecule has 198 valence electrons. The van der Waals surface area contributed by atoms with E-state index in [0.717, 1.165) is 27.7 Å². The molecule has 0 radical (unpaired) electrons.